The Bertz CT molecular complexity index is 280. The Hall–Kier alpha value is 0.0600. The SMILES string of the molecule is CNC/C(C)=C/c1ncc(I)s1. The summed E-state index contributed by atoms with van der Waals surface area (Å²) in [5, 5.41) is 4.19. The number of hydrogen-bond donors (Lipinski definition) is 1. The van der Waals surface area contributed by atoms with Crippen LogP contribution in [-0.2, 0) is 0 Å². The zero-order valence-corrected chi connectivity index (χ0v) is 10.1. The summed E-state index contributed by atoms with van der Waals surface area (Å²) >= 11 is 3.99. The van der Waals surface area contributed by atoms with Crippen LogP contribution in [0.25, 0.3) is 6.08 Å². The quantitative estimate of drug-likeness (QED) is 0.866. The molecule has 0 bridgehead atoms. The topological polar surface area (TPSA) is 24.9 Å². The number of nitrogens with one attached hydrogen (secondary N) is 1. The van der Waals surface area contributed by atoms with Gasteiger partial charge >= 0.3 is 0 Å². The van der Waals surface area contributed by atoms with Crippen LogP contribution >= 0.6 is 33.9 Å². The van der Waals surface area contributed by atoms with Gasteiger partial charge in [-0.3, -0.25) is 0 Å². The lowest BCUT2D eigenvalue weighted by atomic mass is 10.3. The van der Waals surface area contributed by atoms with E-state index in [0.29, 0.717) is 0 Å². The first-order chi connectivity index (χ1) is 5.72. The molecule has 0 amide bonds. The summed E-state index contributed by atoms with van der Waals surface area (Å²) in [4.78, 5) is 4.24. The molecule has 1 aromatic heterocycles. The molecule has 66 valence electrons. The average Bonchev–Trinajstić information content (AvgIpc) is 2.36. The van der Waals surface area contributed by atoms with Crippen LogP contribution in [0.2, 0.25) is 0 Å². The highest BCUT2D eigenvalue weighted by Gasteiger charge is 1.95. The number of nitrogens with zero attached hydrogens (tertiary/aromatic N) is 1. The van der Waals surface area contributed by atoms with Crippen molar-refractivity contribution < 1.29 is 0 Å². The van der Waals surface area contributed by atoms with Crippen molar-refractivity contribution in [2.24, 2.45) is 0 Å². The maximum absolute atomic E-state index is 4.24. The molecule has 1 rings (SSSR count). The van der Waals surface area contributed by atoms with Gasteiger partial charge in [0, 0.05) is 6.54 Å². The molecule has 0 saturated carbocycles. The molecule has 0 saturated heterocycles. The van der Waals surface area contributed by atoms with Crippen LogP contribution in [0.1, 0.15) is 11.9 Å². The first kappa shape index (κ1) is 10.1. The van der Waals surface area contributed by atoms with E-state index in [2.05, 4.69) is 45.9 Å². The van der Waals surface area contributed by atoms with E-state index in [1.807, 2.05) is 13.2 Å². The minimum absolute atomic E-state index is 0.927. The van der Waals surface area contributed by atoms with E-state index >= 15 is 0 Å². The monoisotopic (exact) mass is 294 g/mol. The third kappa shape index (κ3) is 3.20. The van der Waals surface area contributed by atoms with Crippen LogP contribution in [0.4, 0.5) is 0 Å². The summed E-state index contributed by atoms with van der Waals surface area (Å²) in [7, 11) is 1.95. The second kappa shape index (κ2) is 4.94. The molecule has 12 heavy (non-hydrogen) atoms. The second-order valence-electron chi connectivity index (χ2n) is 2.52. The lowest BCUT2D eigenvalue weighted by Gasteiger charge is -1.96. The summed E-state index contributed by atoms with van der Waals surface area (Å²) in [6, 6.07) is 0. The summed E-state index contributed by atoms with van der Waals surface area (Å²) in [5.74, 6) is 0. The van der Waals surface area contributed by atoms with Crippen molar-refractivity contribution in [3.63, 3.8) is 0 Å². The number of likely N-dealkylation sites (N-methyl/N-ethyl adjacent to an activating group) is 1. The first-order valence-electron chi connectivity index (χ1n) is 3.65. The average molecular weight is 294 g/mol. The summed E-state index contributed by atoms with van der Waals surface area (Å²) in [6.07, 6.45) is 4.01. The van der Waals surface area contributed by atoms with E-state index in [1.54, 1.807) is 11.3 Å². The van der Waals surface area contributed by atoms with E-state index < -0.39 is 0 Å². The van der Waals surface area contributed by atoms with Gasteiger partial charge in [0.25, 0.3) is 0 Å². The fourth-order valence-electron chi connectivity index (χ4n) is 0.874. The predicted octanol–water partition coefficient (Wildman–Crippen LogP) is 2.37. The molecule has 0 aliphatic carbocycles. The van der Waals surface area contributed by atoms with Gasteiger partial charge in [-0.25, -0.2) is 4.98 Å². The van der Waals surface area contributed by atoms with Gasteiger partial charge in [0.2, 0.25) is 0 Å². The van der Waals surface area contributed by atoms with Crippen molar-refractivity contribution >= 4 is 40.0 Å². The Kier molecular flexibility index (Phi) is 4.17. The lowest BCUT2D eigenvalue weighted by molar-refractivity contribution is 0.884. The molecule has 0 atom stereocenters. The Labute approximate surface area is 90.2 Å². The van der Waals surface area contributed by atoms with Crippen LogP contribution in [0.3, 0.4) is 0 Å². The number of rotatable bonds is 3. The summed E-state index contributed by atoms with van der Waals surface area (Å²) in [6.45, 7) is 3.03. The van der Waals surface area contributed by atoms with E-state index in [4.69, 9.17) is 0 Å². The zero-order valence-electron chi connectivity index (χ0n) is 7.10. The Morgan fingerprint density at radius 1 is 1.83 bits per heavy atom. The Morgan fingerprint density at radius 2 is 2.58 bits per heavy atom. The molecule has 2 nitrogen and oxygen atoms in total. The van der Waals surface area contributed by atoms with Crippen molar-refractivity contribution in [2.75, 3.05) is 13.6 Å². The molecule has 0 fully saturated rings. The minimum atomic E-state index is 0.927. The number of halogens is 1. The van der Waals surface area contributed by atoms with E-state index in [1.165, 1.54) is 8.46 Å². The molecule has 0 aliphatic rings. The molecule has 0 spiro atoms. The molecule has 1 aromatic rings. The predicted molar refractivity (Wildman–Crippen MR) is 62.4 cm³/mol. The van der Waals surface area contributed by atoms with Crippen LogP contribution in [0, 0.1) is 2.88 Å². The largest absolute Gasteiger partial charge is 0.316 e. The molecule has 1 heterocycles. The van der Waals surface area contributed by atoms with E-state index in [9.17, 15) is 0 Å². The standard InChI is InChI=1S/C8H11IN2S/c1-6(4-10-2)3-8-11-5-7(9)12-8/h3,5,10H,4H2,1-2H3/b6-3+. The highest BCUT2D eigenvalue weighted by Crippen LogP contribution is 2.17. The highest BCUT2D eigenvalue weighted by atomic mass is 127. The molecule has 0 radical (unpaired) electrons. The van der Waals surface area contributed by atoms with Crippen LogP contribution in [-0.4, -0.2) is 18.6 Å². The Balaban J connectivity index is 2.67. The normalized spacial score (nSPS) is 12.1. The van der Waals surface area contributed by atoms with Gasteiger partial charge in [0.1, 0.15) is 5.01 Å². The smallest absolute Gasteiger partial charge is 0.117 e. The van der Waals surface area contributed by atoms with E-state index in [0.717, 1.165) is 11.6 Å². The van der Waals surface area contributed by atoms with Crippen LogP contribution in [0.5, 0.6) is 0 Å². The molecular weight excluding hydrogens is 283 g/mol. The molecular formula is C8H11IN2S. The third-order valence-corrected chi connectivity index (χ3v) is 2.99. The van der Waals surface area contributed by atoms with Gasteiger partial charge in [0.15, 0.2) is 0 Å². The van der Waals surface area contributed by atoms with Crippen LogP contribution < -0.4 is 5.32 Å². The van der Waals surface area contributed by atoms with Gasteiger partial charge in [-0.15, -0.1) is 11.3 Å². The number of thiazole rings is 1. The van der Waals surface area contributed by atoms with Crippen LogP contribution in [0.15, 0.2) is 11.8 Å². The fourth-order valence-corrected chi connectivity index (χ4v) is 2.36. The maximum Gasteiger partial charge on any atom is 0.117 e. The van der Waals surface area contributed by atoms with Gasteiger partial charge < -0.3 is 5.32 Å². The fraction of sp³-hybridized carbons (Fsp3) is 0.375. The van der Waals surface area contributed by atoms with Crippen molar-refractivity contribution in [2.45, 2.75) is 6.92 Å². The van der Waals surface area contributed by atoms with Crippen molar-refractivity contribution in [1.82, 2.24) is 10.3 Å². The third-order valence-electron chi connectivity index (χ3n) is 1.32. The van der Waals surface area contributed by atoms with Crippen molar-refractivity contribution in [3.05, 3.63) is 19.7 Å². The maximum atomic E-state index is 4.24. The minimum Gasteiger partial charge on any atom is -0.316 e. The number of aromatic nitrogens is 1. The van der Waals surface area contributed by atoms with Gasteiger partial charge in [0.05, 0.1) is 9.08 Å². The number of hydrogen-bond acceptors (Lipinski definition) is 3. The van der Waals surface area contributed by atoms with Crippen molar-refractivity contribution in [1.29, 1.82) is 0 Å². The highest BCUT2D eigenvalue weighted by molar-refractivity contribution is 14.1. The molecule has 4 heteroatoms. The molecule has 0 unspecified atom stereocenters. The molecule has 0 aromatic carbocycles. The Morgan fingerprint density at radius 3 is 3.08 bits per heavy atom. The van der Waals surface area contributed by atoms with Gasteiger partial charge in [-0.2, -0.15) is 0 Å². The summed E-state index contributed by atoms with van der Waals surface area (Å²) < 4.78 is 1.23. The van der Waals surface area contributed by atoms with Gasteiger partial charge in [-0.05, 0) is 42.6 Å². The molecule has 0 aliphatic heterocycles. The lowest BCUT2D eigenvalue weighted by Crippen LogP contribution is -2.08. The van der Waals surface area contributed by atoms with Crippen molar-refractivity contribution in [3.8, 4) is 0 Å². The van der Waals surface area contributed by atoms with Gasteiger partial charge in [-0.1, -0.05) is 5.57 Å². The molecule has 1 N–H and O–H groups in total. The second-order valence-corrected chi connectivity index (χ2v) is 5.48. The first-order valence-corrected chi connectivity index (χ1v) is 5.55. The summed E-state index contributed by atoms with van der Waals surface area (Å²) in [5.41, 5.74) is 1.31. The zero-order chi connectivity index (χ0) is 8.97. The van der Waals surface area contributed by atoms with E-state index in [-0.39, 0.29) is 0 Å².